The van der Waals surface area contributed by atoms with Gasteiger partial charge in [0.2, 0.25) is 0 Å². The standard InChI is InChI=1S/C25H23NO2/c1-14-8-10-15(11-9-14)20-21-18(12-25(2,3)13-19(21)27)26-23-16-6-4-5-7-17(16)24(28)22(20)23/h4-11,24,28H,12-13H2,1-3H3/t24-/m1/s1. The Bertz CT molecular complexity index is 1130. The van der Waals surface area contributed by atoms with Gasteiger partial charge in [0.15, 0.2) is 5.78 Å². The number of carbonyl (C=O) groups is 1. The molecular formula is C25H23NO2. The third kappa shape index (κ3) is 2.46. The van der Waals surface area contributed by atoms with Crippen molar-refractivity contribution in [3.63, 3.8) is 0 Å². The van der Waals surface area contributed by atoms with Crippen LogP contribution in [0.25, 0.3) is 22.4 Å². The second-order valence-electron chi connectivity index (χ2n) is 8.87. The zero-order valence-corrected chi connectivity index (χ0v) is 16.4. The molecule has 3 aromatic rings. The number of hydrogen-bond donors (Lipinski definition) is 1. The van der Waals surface area contributed by atoms with Gasteiger partial charge in [0.1, 0.15) is 6.10 Å². The molecule has 0 unspecified atom stereocenters. The van der Waals surface area contributed by atoms with Crippen molar-refractivity contribution >= 4 is 5.78 Å². The summed E-state index contributed by atoms with van der Waals surface area (Å²) >= 11 is 0. The lowest BCUT2D eigenvalue weighted by Crippen LogP contribution is -2.29. The first-order chi connectivity index (χ1) is 13.4. The highest BCUT2D eigenvalue weighted by Crippen LogP contribution is 2.50. The van der Waals surface area contributed by atoms with Gasteiger partial charge in [-0.25, -0.2) is 0 Å². The van der Waals surface area contributed by atoms with E-state index in [2.05, 4.69) is 32.9 Å². The second-order valence-corrected chi connectivity index (χ2v) is 8.87. The molecule has 2 aromatic carbocycles. The van der Waals surface area contributed by atoms with E-state index in [4.69, 9.17) is 4.98 Å². The lowest BCUT2D eigenvalue weighted by Gasteiger charge is -2.32. The maximum Gasteiger partial charge on any atom is 0.165 e. The molecule has 2 aliphatic carbocycles. The Kier molecular flexibility index (Phi) is 3.62. The molecule has 0 radical (unpaired) electrons. The summed E-state index contributed by atoms with van der Waals surface area (Å²) in [6.07, 6.45) is 0.504. The van der Waals surface area contributed by atoms with Crippen molar-refractivity contribution in [3.05, 3.63) is 76.5 Å². The van der Waals surface area contributed by atoms with Gasteiger partial charge >= 0.3 is 0 Å². The van der Waals surface area contributed by atoms with Crippen molar-refractivity contribution in [2.24, 2.45) is 5.41 Å². The van der Waals surface area contributed by atoms with Crippen LogP contribution in [0.5, 0.6) is 0 Å². The van der Waals surface area contributed by atoms with Crippen LogP contribution in [0, 0.1) is 12.3 Å². The lowest BCUT2D eigenvalue weighted by atomic mass is 9.73. The smallest absolute Gasteiger partial charge is 0.165 e. The number of ketones is 1. The number of hydrogen-bond acceptors (Lipinski definition) is 3. The molecule has 0 bridgehead atoms. The Labute approximate surface area is 165 Å². The molecule has 0 saturated carbocycles. The molecule has 1 atom stereocenters. The summed E-state index contributed by atoms with van der Waals surface area (Å²) in [6.45, 7) is 6.29. The summed E-state index contributed by atoms with van der Waals surface area (Å²) < 4.78 is 0. The van der Waals surface area contributed by atoms with Crippen LogP contribution in [0.4, 0.5) is 0 Å². The second kappa shape index (κ2) is 5.86. The topological polar surface area (TPSA) is 50.2 Å². The van der Waals surface area contributed by atoms with E-state index in [0.717, 1.165) is 45.6 Å². The van der Waals surface area contributed by atoms with Gasteiger partial charge in [-0.1, -0.05) is 67.9 Å². The Hall–Kier alpha value is -2.78. The third-order valence-electron chi connectivity index (χ3n) is 6.00. The van der Waals surface area contributed by atoms with E-state index in [0.29, 0.717) is 12.0 Å². The Morgan fingerprint density at radius 2 is 1.71 bits per heavy atom. The minimum atomic E-state index is -0.761. The fourth-order valence-electron chi connectivity index (χ4n) is 4.71. The molecule has 140 valence electrons. The highest BCUT2D eigenvalue weighted by molar-refractivity contribution is 6.07. The Morgan fingerprint density at radius 1 is 1.00 bits per heavy atom. The zero-order chi connectivity index (χ0) is 19.6. The molecule has 0 saturated heterocycles. The normalized spacial score (nSPS) is 19.1. The summed E-state index contributed by atoms with van der Waals surface area (Å²) in [5, 5.41) is 11.2. The zero-order valence-electron chi connectivity index (χ0n) is 16.4. The van der Waals surface area contributed by atoms with Crippen molar-refractivity contribution in [1.82, 2.24) is 4.98 Å². The number of aryl methyl sites for hydroxylation is 1. The summed E-state index contributed by atoms with van der Waals surface area (Å²) in [6, 6.07) is 16.1. The average molecular weight is 369 g/mol. The Balaban J connectivity index is 1.88. The van der Waals surface area contributed by atoms with Crippen molar-refractivity contribution in [2.45, 2.75) is 39.7 Å². The van der Waals surface area contributed by atoms with Gasteiger partial charge in [-0.15, -0.1) is 0 Å². The van der Waals surface area contributed by atoms with Gasteiger partial charge in [-0.2, -0.15) is 0 Å². The summed E-state index contributed by atoms with van der Waals surface area (Å²) in [7, 11) is 0. The molecule has 3 nitrogen and oxygen atoms in total. The van der Waals surface area contributed by atoms with Crippen molar-refractivity contribution in [3.8, 4) is 22.4 Å². The molecule has 0 amide bonds. The molecular weight excluding hydrogens is 346 g/mol. The minimum Gasteiger partial charge on any atom is -0.384 e. The van der Waals surface area contributed by atoms with Crippen LogP contribution in [0.2, 0.25) is 0 Å². The molecule has 5 rings (SSSR count). The van der Waals surface area contributed by atoms with Gasteiger partial charge in [-0.05, 0) is 29.9 Å². The first kappa shape index (κ1) is 17.3. The maximum atomic E-state index is 13.2. The predicted octanol–water partition coefficient (Wildman–Crippen LogP) is 5.27. The number of rotatable bonds is 1. The van der Waals surface area contributed by atoms with E-state index < -0.39 is 6.10 Å². The fourth-order valence-corrected chi connectivity index (χ4v) is 4.71. The number of aliphatic hydroxyl groups excluding tert-OH is 1. The van der Waals surface area contributed by atoms with Crippen LogP contribution in [-0.4, -0.2) is 15.9 Å². The van der Waals surface area contributed by atoms with Gasteiger partial charge in [-0.3, -0.25) is 9.78 Å². The van der Waals surface area contributed by atoms with Crippen LogP contribution in [0.3, 0.4) is 0 Å². The highest BCUT2D eigenvalue weighted by atomic mass is 16.3. The van der Waals surface area contributed by atoms with Crippen LogP contribution >= 0.6 is 0 Å². The van der Waals surface area contributed by atoms with E-state index in [1.807, 2.05) is 36.4 Å². The SMILES string of the molecule is Cc1ccc(-c2c3c(nc4c2[C@H](O)c2ccccc2-4)CC(C)(C)CC3=O)cc1. The predicted molar refractivity (Wildman–Crippen MR) is 110 cm³/mol. The van der Waals surface area contributed by atoms with Crippen LogP contribution < -0.4 is 0 Å². The first-order valence-corrected chi connectivity index (χ1v) is 9.80. The number of fused-ring (bicyclic) bond motifs is 4. The molecule has 0 spiro atoms. The minimum absolute atomic E-state index is 0.105. The maximum absolute atomic E-state index is 13.2. The van der Waals surface area contributed by atoms with Gasteiger partial charge in [0.25, 0.3) is 0 Å². The van der Waals surface area contributed by atoms with E-state index in [1.165, 1.54) is 5.56 Å². The highest BCUT2D eigenvalue weighted by Gasteiger charge is 2.39. The van der Waals surface area contributed by atoms with E-state index in [1.54, 1.807) is 0 Å². The van der Waals surface area contributed by atoms with E-state index in [-0.39, 0.29) is 11.2 Å². The molecule has 1 N–H and O–H groups in total. The quantitative estimate of drug-likeness (QED) is 0.635. The number of aromatic nitrogens is 1. The van der Waals surface area contributed by atoms with Gasteiger partial charge in [0, 0.05) is 28.7 Å². The monoisotopic (exact) mass is 369 g/mol. The van der Waals surface area contributed by atoms with E-state index >= 15 is 0 Å². The number of nitrogens with zero attached hydrogens (tertiary/aromatic N) is 1. The summed E-state index contributed by atoms with van der Waals surface area (Å²) in [4.78, 5) is 18.2. The lowest BCUT2D eigenvalue weighted by molar-refractivity contribution is 0.0911. The number of Topliss-reactive ketones (excluding diaryl/α,β-unsaturated/α-hetero) is 1. The average Bonchev–Trinajstić information content (AvgIpc) is 2.93. The molecule has 2 aliphatic rings. The molecule has 28 heavy (non-hydrogen) atoms. The summed E-state index contributed by atoms with van der Waals surface area (Å²) in [5.74, 6) is 0.125. The number of benzene rings is 2. The van der Waals surface area contributed by atoms with Crippen LogP contribution in [-0.2, 0) is 6.42 Å². The number of aliphatic hydroxyl groups is 1. The molecule has 1 aromatic heterocycles. The number of pyridine rings is 1. The third-order valence-corrected chi connectivity index (χ3v) is 6.00. The molecule has 1 heterocycles. The van der Waals surface area contributed by atoms with Crippen molar-refractivity contribution < 1.29 is 9.90 Å². The fraction of sp³-hybridized carbons (Fsp3) is 0.280. The van der Waals surface area contributed by atoms with Crippen LogP contribution in [0.15, 0.2) is 48.5 Å². The van der Waals surface area contributed by atoms with Gasteiger partial charge in [0.05, 0.1) is 11.4 Å². The first-order valence-electron chi connectivity index (χ1n) is 9.80. The summed E-state index contributed by atoms with van der Waals surface area (Å²) in [5.41, 5.74) is 7.90. The van der Waals surface area contributed by atoms with Crippen molar-refractivity contribution in [2.75, 3.05) is 0 Å². The largest absolute Gasteiger partial charge is 0.384 e. The molecule has 3 heteroatoms. The van der Waals surface area contributed by atoms with Crippen molar-refractivity contribution in [1.29, 1.82) is 0 Å². The van der Waals surface area contributed by atoms with Crippen LogP contribution in [0.1, 0.15) is 59.1 Å². The van der Waals surface area contributed by atoms with E-state index in [9.17, 15) is 9.90 Å². The molecule has 0 fully saturated rings. The molecule has 0 aliphatic heterocycles. The Morgan fingerprint density at radius 3 is 2.46 bits per heavy atom. The van der Waals surface area contributed by atoms with Gasteiger partial charge < -0.3 is 5.11 Å². The number of carbonyl (C=O) groups excluding carboxylic acids is 1.